The SMILES string of the molecule is Cc1cccc(CNc2cc(C(F)(F)F)ccn2)c1. The van der Waals surface area contributed by atoms with Crippen molar-refractivity contribution in [1.82, 2.24) is 4.98 Å². The van der Waals surface area contributed by atoms with Crippen LogP contribution in [0.4, 0.5) is 19.0 Å². The Bertz CT molecular complexity index is 565. The molecule has 0 aliphatic heterocycles. The molecule has 0 atom stereocenters. The third-order valence-electron chi connectivity index (χ3n) is 2.64. The van der Waals surface area contributed by atoms with Crippen molar-refractivity contribution in [3.63, 3.8) is 0 Å². The maximum absolute atomic E-state index is 12.5. The fraction of sp³-hybridized carbons (Fsp3) is 0.214. The number of pyridine rings is 1. The second-order valence-electron chi connectivity index (χ2n) is 4.27. The number of hydrogen-bond donors (Lipinski definition) is 1. The number of hydrogen-bond acceptors (Lipinski definition) is 2. The first-order chi connectivity index (χ1) is 8.95. The molecule has 0 amide bonds. The lowest BCUT2D eigenvalue weighted by Gasteiger charge is -2.10. The Morgan fingerprint density at radius 2 is 1.95 bits per heavy atom. The number of alkyl halides is 3. The average molecular weight is 266 g/mol. The Kier molecular flexibility index (Phi) is 3.74. The molecule has 2 nitrogen and oxygen atoms in total. The summed E-state index contributed by atoms with van der Waals surface area (Å²) in [7, 11) is 0. The lowest BCUT2D eigenvalue weighted by atomic mass is 10.1. The van der Waals surface area contributed by atoms with E-state index in [1.54, 1.807) is 0 Å². The van der Waals surface area contributed by atoms with Crippen molar-refractivity contribution in [2.24, 2.45) is 0 Å². The number of aromatic nitrogens is 1. The highest BCUT2D eigenvalue weighted by Gasteiger charge is 2.30. The van der Waals surface area contributed by atoms with Gasteiger partial charge >= 0.3 is 6.18 Å². The van der Waals surface area contributed by atoms with E-state index in [9.17, 15) is 13.2 Å². The minimum Gasteiger partial charge on any atom is -0.366 e. The van der Waals surface area contributed by atoms with Crippen molar-refractivity contribution in [3.05, 3.63) is 59.3 Å². The first-order valence-corrected chi connectivity index (χ1v) is 5.78. The fourth-order valence-electron chi connectivity index (χ4n) is 1.72. The molecule has 0 aliphatic carbocycles. The average Bonchev–Trinajstić information content (AvgIpc) is 2.36. The van der Waals surface area contributed by atoms with Gasteiger partial charge in [-0.15, -0.1) is 0 Å². The summed E-state index contributed by atoms with van der Waals surface area (Å²) in [6, 6.07) is 9.72. The number of aryl methyl sites for hydroxylation is 1. The van der Waals surface area contributed by atoms with Crippen LogP contribution in [0.2, 0.25) is 0 Å². The zero-order valence-corrected chi connectivity index (χ0v) is 10.3. The van der Waals surface area contributed by atoms with Crippen LogP contribution in [-0.2, 0) is 12.7 Å². The normalized spacial score (nSPS) is 11.4. The summed E-state index contributed by atoms with van der Waals surface area (Å²) in [6.07, 6.45) is -3.19. The second kappa shape index (κ2) is 5.30. The molecule has 19 heavy (non-hydrogen) atoms. The van der Waals surface area contributed by atoms with Gasteiger partial charge in [-0.05, 0) is 24.6 Å². The smallest absolute Gasteiger partial charge is 0.366 e. The Labute approximate surface area is 109 Å². The molecule has 0 unspecified atom stereocenters. The topological polar surface area (TPSA) is 24.9 Å². The van der Waals surface area contributed by atoms with Crippen LogP contribution >= 0.6 is 0 Å². The van der Waals surface area contributed by atoms with Crippen LogP contribution in [0.15, 0.2) is 42.6 Å². The molecular formula is C14H13F3N2. The summed E-state index contributed by atoms with van der Waals surface area (Å²) in [5.74, 6) is 0.219. The van der Waals surface area contributed by atoms with Crippen LogP contribution in [0.3, 0.4) is 0 Å². The molecule has 0 bridgehead atoms. The summed E-state index contributed by atoms with van der Waals surface area (Å²) >= 11 is 0. The van der Waals surface area contributed by atoms with Crippen molar-refractivity contribution in [2.45, 2.75) is 19.6 Å². The lowest BCUT2D eigenvalue weighted by Crippen LogP contribution is -2.07. The van der Waals surface area contributed by atoms with E-state index in [2.05, 4.69) is 10.3 Å². The van der Waals surface area contributed by atoms with Gasteiger partial charge in [-0.1, -0.05) is 29.8 Å². The predicted octanol–water partition coefficient (Wildman–Crippen LogP) is 4.02. The molecule has 2 aromatic rings. The molecule has 5 heteroatoms. The molecule has 100 valence electrons. The quantitative estimate of drug-likeness (QED) is 0.907. The highest BCUT2D eigenvalue weighted by molar-refractivity contribution is 5.39. The minimum atomic E-state index is -4.34. The Morgan fingerprint density at radius 1 is 1.16 bits per heavy atom. The van der Waals surface area contributed by atoms with Crippen molar-refractivity contribution >= 4 is 5.82 Å². The number of halogens is 3. The van der Waals surface area contributed by atoms with Gasteiger partial charge in [0.1, 0.15) is 5.82 Å². The third-order valence-corrected chi connectivity index (χ3v) is 2.64. The molecule has 1 aromatic heterocycles. The monoisotopic (exact) mass is 266 g/mol. The van der Waals surface area contributed by atoms with Gasteiger partial charge in [0, 0.05) is 12.7 Å². The Hall–Kier alpha value is -2.04. The van der Waals surface area contributed by atoms with Crippen molar-refractivity contribution in [3.8, 4) is 0 Å². The van der Waals surface area contributed by atoms with Gasteiger partial charge < -0.3 is 5.32 Å². The van der Waals surface area contributed by atoms with Gasteiger partial charge in [-0.3, -0.25) is 0 Å². The molecule has 1 N–H and O–H groups in total. The molecule has 0 spiro atoms. The maximum atomic E-state index is 12.5. The first kappa shape index (κ1) is 13.4. The van der Waals surface area contributed by atoms with E-state index in [1.165, 1.54) is 0 Å². The molecule has 2 rings (SSSR count). The molecule has 0 fully saturated rings. The van der Waals surface area contributed by atoms with Gasteiger partial charge in [0.15, 0.2) is 0 Å². The molecule has 0 radical (unpaired) electrons. The largest absolute Gasteiger partial charge is 0.416 e. The van der Waals surface area contributed by atoms with Crippen LogP contribution in [0, 0.1) is 6.92 Å². The molecule has 1 aromatic carbocycles. The summed E-state index contributed by atoms with van der Waals surface area (Å²) in [4.78, 5) is 3.88. The van der Waals surface area contributed by atoms with E-state index in [-0.39, 0.29) is 5.82 Å². The van der Waals surface area contributed by atoms with Gasteiger partial charge in [-0.2, -0.15) is 13.2 Å². The zero-order valence-electron chi connectivity index (χ0n) is 10.3. The van der Waals surface area contributed by atoms with Gasteiger partial charge in [0.2, 0.25) is 0 Å². The highest BCUT2D eigenvalue weighted by atomic mass is 19.4. The van der Waals surface area contributed by atoms with Crippen LogP contribution in [0.5, 0.6) is 0 Å². The van der Waals surface area contributed by atoms with Crippen LogP contribution in [0.1, 0.15) is 16.7 Å². The lowest BCUT2D eigenvalue weighted by molar-refractivity contribution is -0.137. The number of anilines is 1. The summed E-state index contributed by atoms with van der Waals surface area (Å²) in [5, 5.41) is 2.89. The van der Waals surface area contributed by atoms with Crippen molar-refractivity contribution in [1.29, 1.82) is 0 Å². The van der Waals surface area contributed by atoms with Crippen molar-refractivity contribution in [2.75, 3.05) is 5.32 Å². The third kappa shape index (κ3) is 3.71. The van der Waals surface area contributed by atoms with E-state index in [4.69, 9.17) is 0 Å². The van der Waals surface area contributed by atoms with Crippen LogP contribution < -0.4 is 5.32 Å². The number of benzene rings is 1. The van der Waals surface area contributed by atoms with Gasteiger partial charge in [-0.25, -0.2) is 4.98 Å². The van der Waals surface area contributed by atoms with Crippen molar-refractivity contribution < 1.29 is 13.2 Å². The maximum Gasteiger partial charge on any atom is 0.416 e. The molecule has 0 saturated carbocycles. The van der Waals surface area contributed by atoms with Gasteiger partial charge in [0.25, 0.3) is 0 Å². The fourth-order valence-corrected chi connectivity index (χ4v) is 1.72. The summed E-state index contributed by atoms with van der Waals surface area (Å²) in [6.45, 7) is 2.40. The number of nitrogens with zero attached hydrogens (tertiary/aromatic N) is 1. The predicted molar refractivity (Wildman–Crippen MR) is 67.7 cm³/mol. The highest BCUT2D eigenvalue weighted by Crippen LogP contribution is 2.29. The van der Waals surface area contributed by atoms with Gasteiger partial charge in [0.05, 0.1) is 5.56 Å². The molecule has 0 saturated heterocycles. The first-order valence-electron chi connectivity index (χ1n) is 5.78. The number of rotatable bonds is 3. The van der Waals surface area contributed by atoms with E-state index in [0.29, 0.717) is 6.54 Å². The molecule has 0 aliphatic rings. The summed E-state index contributed by atoms with van der Waals surface area (Å²) in [5.41, 5.74) is 1.41. The van der Waals surface area contributed by atoms with E-state index >= 15 is 0 Å². The second-order valence-corrected chi connectivity index (χ2v) is 4.27. The molecular weight excluding hydrogens is 253 g/mol. The van der Waals surface area contributed by atoms with E-state index in [1.807, 2.05) is 31.2 Å². The Balaban J connectivity index is 2.08. The van der Waals surface area contributed by atoms with E-state index < -0.39 is 11.7 Å². The zero-order chi connectivity index (χ0) is 13.9. The van der Waals surface area contributed by atoms with Crippen LogP contribution in [0.25, 0.3) is 0 Å². The number of nitrogens with one attached hydrogen (secondary N) is 1. The standard InChI is InChI=1S/C14H13F3N2/c1-10-3-2-4-11(7-10)9-19-13-8-12(5-6-18-13)14(15,16)17/h2-8H,9H2,1H3,(H,18,19). The summed E-state index contributed by atoms with van der Waals surface area (Å²) < 4.78 is 37.6. The van der Waals surface area contributed by atoms with E-state index in [0.717, 1.165) is 29.5 Å². The molecule has 1 heterocycles. The minimum absolute atomic E-state index is 0.219. The van der Waals surface area contributed by atoms with Crippen LogP contribution in [-0.4, -0.2) is 4.98 Å². The Morgan fingerprint density at radius 3 is 2.63 bits per heavy atom.